The van der Waals surface area contributed by atoms with Gasteiger partial charge in [0.1, 0.15) is 17.6 Å². The molecule has 1 amide bonds. The van der Waals surface area contributed by atoms with Gasteiger partial charge in [0.2, 0.25) is 5.91 Å². The lowest BCUT2D eigenvalue weighted by Crippen LogP contribution is -2.53. The van der Waals surface area contributed by atoms with Gasteiger partial charge in [-0.3, -0.25) is 10.1 Å². The molecule has 7 nitrogen and oxygen atoms in total. The third kappa shape index (κ3) is 7.33. The fourth-order valence-electron chi connectivity index (χ4n) is 3.28. The highest BCUT2D eigenvalue weighted by Gasteiger charge is 2.27. The predicted molar refractivity (Wildman–Crippen MR) is 130 cm³/mol. The standard InChI is InChI=1S/C24H29Cl2N3O4/c1-15(30)23(33-21-7-5-4-6-17(21)25)27-24(2,3)12-13-32-20-10-8-16(14-18(20)26)19-9-11-22(31)29-28-19/h4-8,10,14-15,23,27,30H,9,11-13H2,1-3H3,(H,29,31)/t15-,23?/m0/s1. The van der Waals surface area contributed by atoms with Crippen molar-refractivity contribution in [1.82, 2.24) is 10.7 Å². The molecular formula is C24H29Cl2N3O4. The summed E-state index contributed by atoms with van der Waals surface area (Å²) < 4.78 is 11.8. The van der Waals surface area contributed by atoms with Crippen molar-refractivity contribution in [2.75, 3.05) is 6.61 Å². The van der Waals surface area contributed by atoms with E-state index < -0.39 is 17.9 Å². The summed E-state index contributed by atoms with van der Waals surface area (Å²) in [5.74, 6) is 0.978. The first kappa shape index (κ1) is 25.3. The molecule has 0 saturated heterocycles. The first-order valence-corrected chi connectivity index (χ1v) is 11.6. The molecular weight excluding hydrogens is 465 g/mol. The highest BCUT2D eigenvalue weighted by molar-refractivity contribution is 6.32. The molecule has 1 heterocycles. The molecule has 3 rings (SSSR count). The number of ether oxygens (including phenoxy) is 2. The van der Waals surface area contributed by atoms with E-state index in [2.05, 4.69) is 15.8 Å². The molecule has 0 bridgehead atoms. The molecule has 9 heteroatoms. The quantitative estimate of drug-likeness (QED) is 0.422. The fraction of sp³-hybridized carbons (Fsp3) is 0.417. The molecule has 1 aliphatic heterocycles. The van der Waals surface area contributed by atoms with E-state index in [1.54, 1.807) is 31.2 Å². The summed E-state index contributed by atoms with van der Waals surface area (Å²) in [4.78, 5) is 11.3. The van der Waals surface area contributed by atoms with Gasteiger partial charge in [-0.25, -0.2) is 5.43 Å². The van der Waals surface area contributed by atoms with Crippen molar-refractivity contribution in [2.45, 2.75) is 57.9 Å². The van der Waals surface area contributed by atoms with Gasteiger partial charge in [0, 0.05) is 18.4 Å². The number of halogens is 2. The van der Waals surface area contributed by atoms with Gasteiger partial charge in [0.15, 0.2) is 6.23 Å². The summed E-state index contributed by atoms with van der Waals surface area (Å²) in [7, 11) is 0. The second-order valence-electron chi connectivity index (χ2n) is 8.57. The highest BCUT2D eigenvalue weighted by Crippen LogP contribution is 2.28. The lowest BCUT2D eigenvalue weighted by molar-refractivity contribution is -0.121. The molecule has 2 aromatic rings. The molecule has 0 saturated carbocycles. The van der Waals surface area contributed by atoms with Gasteiger partial charge in [-0.15, -0.1) is 0 Å². The zero-order valence-electron chi connectivity index (χ0n) is 18.9. The summed E-state index contributed by atoms with van der Waals surface area (Å²) >= 11 is 12.6. The number of benzene rings is 2. The molecule has 0 spiro atoms. The maximum absolute atomic E-state index is 11.3. The normalized spacial score (nSPS) is 15.9. The van der Waals surface area contributed by atoms with Gasteiger partial charge in [-0.1, -0.05) is 35.3 Å². The lowest BCUT2D eigenvalue weighted by Gasteiger charge is -2.33. The first-order chi connectivity index (χ1) is 15.6. The fourth-order valence-corrected chi connectivity index (χ4v) is 3.69. The number of nitrogens with one attached hydrogen (secondary N) is 2. The monoisotopic (exact) mass is 493 g/mol. The van der Waals surface area contributed by atoms with E-state index in [0.29, 0.717) is 47.4 Å². The number of rotatable bonds is 10. The Balaban J connectivity index is 1.56. The Morgan fingerprint density at radius 2 is 1.91 bits per heavy atom. The number of hydrazone groups is 1. The van der Waals surface area contributed by atoms with Crippen molar-refractivity contribution in [2.24, 2.45) is 5.10 Å². The second kappa shape index (κ2) is 11.2. The van der Waals surface area contributed by atoms with Gasteiger partial charge in [-0.05, 0) is 63.1 Å². The van der Waals surface area contributed by atoms with Crippen LogP contribution in [0.1, 0.15) is 45.6 Å². The van der Waals surface area contributed by atoms with E-state index in [4.69, 9.17) is 32.7 Å². The summed E-state index contributed by atoms with van der Waals surface area (Å²) in [5, 5.41) is 18.6. The molecule has 2 aromatic carbocycles. The van der Waals surface area contributed by atoms with Crippen LogP contribution in [0.2, 0.25) is 10.0 Å². The van der Waals surface area contributed by atoms with Crippen LogP contribution in [0.3, 0.4) is 0 Å². The zero-order chi connectivity index (χ0) is 24.0. The maximum Gasteiger partial charge on any atom is 0.240 e. The van der Waals surface area contributed by atoms with Crippen LogP contribution in [0.4, 0.5) is 0 Å². The van der Waals surface area contributed by atoms with Crippen LogP contribution >= 0.6 is 23.2 Å². The third-order valence-corrected chi connectivity index (χ3v) is 5.82. The van der Waals surface area contributed by atoms with Gasteiger partial charge in [0.25, 0.3) is 0 Å². The van der Waals surface area contributed by atoms with Gasteiger partial charge in [0.05, 0.1) is 22.4 Å². The molecule has 33 heavy (non-hydrogen) atoms. The Kier molecular flexibility index (Phi) is 8.59. The van der Waals surface area contributed by atoms with Crippen molar-refractivity contribution in [1.29, 1.82) is 0 Å². The van der Waals surface area contributed by atoms with Crippen molar-refractivity contribution in [3.63, 3.8) is 0 Å². The average Bonchev–Trinajstić information content (AvgIpc) is 2.76. The van der Waals surface area contributed by atoms with Crippen LogP contribution in [0.5, 0.6) is 11.5 Å². The van der Waals surface area contributed by atoms with Crippen molar-refractivity contribution >= 4 is 34.8 Å². The molecule has 0 radical (unpaired) electrons. The Bertz CT molecular complexity index is 1010. The maximum atomic E-state index is 11.3. The number of hydrogen-bond acceptors (Lipinski definition) is 6. The van der Waals surface area contributed by atoms with E-state index in [0.717, 1.165) is 11.3 Å². The highest BCUT2D eigenvalue weighted by atomic mass is 35.5. The van der Waals surface area contributed by atoms with Gasteiger partial charge in [-0.2, -0.15) is 5.10 Å². The van der Waals surface area contributed by atoms with Gasteiger partial charge >= 0.3 is 0 Å². The number of carbonyl (C=O) groups is 1. The summed E-state index contributed by atoms with van der Waals surface area (Å²) in [5.41, 5.74) is 3.72. The second-order valence-corrected chi connectivity index (χ2v) is 9.39. The summed E-state index contributed by atoms with van der Waals surface area (Å²) in [6, 6.07) is 12.6. The minimum absolute atomic E-state index is 0.0869. The molecule has 0 aromatic heterocycles. The van der Waals surface area contributed by atoms with E-state index in [9.17, 15) is 9.90 Å². The number of aliphatic hydroxyl groups excluding tert-OH is 1. The molecule has 178 valence electrons. The number of nitrogens with zero attached hydrogens (tertiary/aromatic N) is 1. The summed E-state index contributed by atoms with van der Waals surface area (Å²) in [6.45, 7) is 6.06. The minimum atomic E-state index is -0.768. The Morgan fingerprint density at radius 3 is 2.55 bits per heavy atom. The third-order valence-electron chi connectivity index (χ3n) is 5.22. The average molecular weight is 494 g/mol. The Morgan fingerprint density at radius 1 is 1.15 bits per heavy atom. The van der Waals surface area contributed by atoms with E-state index in [-0.39, 0.29) is 5.91 Å². The Hall–Kier alpha value is -2.32. The number of para-hydroxylation sites is 1. The Labute approximate surface area is 204 Å². The topological polar surface area (TPSA) is 92.2 Å². The summed E-state index contributed by atoms with van der Waals surface area (Å²) in [6.07, 6.45) is 0.183. The van der Waals surface area contributed by atoms with Crippen LogP contribution in [-0.2, 0) is 4.79 Å². The zero-order valence-corrected chi connectivity index (χ0v) is 20.4. The smallest absolute Gasteiger partial charge is 0.240 e. The number of carbonyl (C=O) groups excluding carboxylic acids is 1. The predicted octanol–water partition coefficient (Wildman–Crippen LogP) is 4.53. The van der Waals surface area contributed by atoms with Gasteiger partial charge < -0.3 is 14.6 Å². The number of hydrogen-bond donors (Lipinski definition) is 3. The minimum Gasteiger partial charge on any atom is -0.492 e. The van der Waals surface area contributed by atoms with Crippen molar-refractivity contribution in [3.8, 4) is 11.5 Å². The number of amides is 1. The largest absolute Gasteiger partial charge is 0.492 e. The van der Waals surface area contributed by atoms with Crippen LogP contribution in [0.15, 0.2) is 47.6 Å². The van der Waals surface area contributed by atoms with E-state index in [1.165, 1.54) is 0 Å². The molecule has 3 N–H and O–H groups in total. The van der Waals surface area contributed by atoms with E-state index >= 15 is 0 Å². The van der Waals surface area contributed by atoms with Crippen LogP contribution in [0, 0.1) is 0 Å². The van der Waals surface area contributed by atoms with E-state index in [1.807, 2.05) is 32.0 Å². The SMILES string of the molecule is C[C@H](O)C(NC(C)(C)CCOc1ccc(C2=NNC(=O)CC2)cc1Cl)Oc1ccccc1Cl. The molecule has 0 aliphatic carbocycles. The van der Waals surface area contributed by atoms with Crippen LogP contribution in [-0.4, -0.2) is 41.2 Å². The molecule has 2 atom stereocenters. The number of aliphatic hydroxyl groups is 1. The first-order valence-electron chi connectivity index (χ1n) is 10.8. The van der Waals surface area contributed by atoms with Crippen LogP contribution < -0.4 is 20.2 Å². The van der Waals surface area contributed by atoms with Crippen molar-refractivity contribution < 1.29 is 19.4 Å². The molecule has 0 fully saturated rings. The van der Waals surface area contributed by atoms with Crippen LogP contribution in [0.25, 0.3) is 0 Å². The molecule has 1 unspecified atom stereocenters. The van der Waals surface area contributed by atoms with Crippen molar-refractivity contribution in [3.05, 3.63) is 58.1 Å². The lowest BCUT2D eigenvalue weighted by atomic mass is 10.0. The molecule has 1 aliphatic rings.